The molecule has 1 aliphatic heterocycles. The third-order valence-electron chi connectivity index (χ3n) is 4.32. The van der Waals surface area contributed by atoms with Gasteiger partial charge in [-0.15, -0.1) is 0 Å². The molecule has 0 fully saturated rings. The number of aromatic nitrogens is 1. The van der Waals surface area contributed by atoms with Gasteiger partial charge in [-0.1, -0.05) is 17.4 Å². The van der Waals surface area contributed by atoms with E-state index in [0.717, 1.165) is 27.8 Å². The largest absolute Gasteiger partial charge is 0.439 e. The lowest BCUT2D eigenvalue weighted by Gasteiger charge is -2.25. The number of nitrogens with zero attached hydrogens (tertiary/aromatic N) is 3. The van der Waals surface area contributed by atoms with Gasteiger partial charge >= 0.3 is 5.00 Å². The lowest BCUT2D eigenvalue weighted by molar-refractivity contribution is -0.380. The molecule has 2 N–H and O–H groups in total. The fraction of sp³-hybridized carbons (Fsp3) is 0.118. The second-order valence-electron chi connectivity index (χ2n) is 5.70. The molecule has 124 valence electrons. The van der Waals surface area contributed by atoms with Gasteiger partial charge in [0.25, 0.3) is 0 Å². The quantitative estimate of drug-likeness (QED) is 0.562. The molecule has 0 saturated heterocycles. The molecule has 1 aromatic carbocycles. The zero-order chi connectivity index (χ0) is 17.7. The molecule has 7 nitrogen and oxygen atoms in total. The lowest BCUT2D eigenvalue weighted by Crippen LogP contribution is -2.20. The van der Waals surface area contributed by atoms with E-state index in [2.05, 4.69) is 6.07 Å². The first-order valence-corrected chi connectivity index (χ1v) is 8.22. The van der Waals surface area contributed by atoms with Crippen molar-refractivity contribution in [2.75, 3.05) is 0 Å². The second kappa shape index (κ2) is 5.36. The van der Waals surface area contributed by atoms with Crippen LogP contribution >= 0.6 is 11.3 Å². The molecule has 25 heavy (non-hydrogen) atoms. The number of nitro groups is 1. The number of thiophene rings is 1. The van der Waals surface area contributed by atoms with Crippen LogP contribution < -0.4 is 10.5 Å². The Morgan fingerprint density at radius 3 is 2.84 bits per heavy atom. The summed E-state index contributed by atoms with van der Waals surface area (Å²) in [5.41, 5.74) is 8.01. The molecule has 1 unspecified atom stereocenters. The maximum Gasteiger partial charge on any atom is 0.324 e. The summed E-state index contributed by atoms with van der Waals surface area (Å²) in [5.74, 6) is 0.153. The highest BCUT2D eigenvalue weighted by Gasteiger charge is 2.33. The Labute approximate surface area is 146 Å². The van der Waals surface area contributed by atoms with E-state index < -0.39 is 10.8 Å². The molecule has 1 aliphatic rings. The Morgan fingerprint density at radius 2 is 2.16 bits per heavy atom. The normalized spacial score (nSPS) is 16.4. The first kappa shape index (κ1) is 15.2. The average Bonchev–Trinajstić information content (AvgIpc) is 3.21. The summed E-state index contributed by atoms with van der Waals surface area (Å²) in [5, 5.41) is 21.5. The third-order valence-corrected chi connectivity index (χ3v) is 5.42. The Bertz CT molecular complexity index is 1100. The van der Waals surface area contributed by atoms with Crippen molar-refractivity contribution in [2.24, 2.45) is 12.8 Å². The van der Waals surface area contributed by atoms with E-state index in [1.165, 1.54) is 6.07 Å². The SMILES string of the molecule is Cn1ccc2c3c(ccc21)C(c1ccc([N+](=O)[O-])s1)C(C#N)=C(N)O3. The van der Waals surface area contributed by atoms with E-state index >= 15 is 0 Å². The summed E-state index contributed by atoms with van der Waals surface area (Å²) >= 11 is 1.04. The van der Waals surface area contributed by atoms with Gasteiger partial charge in [0.05, 0.1) is 16.4 Å². The molecule has 8 heteroatoms. The molecule has 3 heterocycles. The van der Waals surface area contributed by atoms with Crippen LogP contribution in [0.1, 0.15) is 16.4 Å². The number of ether oxygens (including phenoxy) is 1. The summed E-state index contributed by atoms with van der Waals surface area (Å²) in [6.07, 6.45) is 1.92. The second-order valence-corrected chi connectivity index (χ2v) is 6.80. The minimum Gasteiger partial charge on any atom is -0.439 e. The van der Waals surface area contributed by atoms with Crippen molar-refractivity contribution in [3.63, 3.8) is 0 Å². The van der Waals surface area contributed by atoms with Crippen LogP contribution in [-0.2, 0) is 7.05 Å². The van der Waals surface area contributed by atoms with Crippen molar-refractivity contribution in [3.8, 4) is 11.8 Å². The van der Waals surface area contributed by atoms with Gasteiger partial charge in [-0.25, -0.2) is 0 Å². The van der Waals surface area contributed by atoms with Crippen LogP contribution in [0, 0.1) is 21.4 Å². The highest BCUT2D eigenvalue weighted by molar-refractivity contribution is 7.15. The summed E-state index contributed by atoms with van der Waals surface area (Å²) in [4.78, 5) is 11.3. The van der Waals surface area contributed by atoms with Crippen LogP contribution in [-0.4, -0.2) is 9.49 Å². The maximum absolute atomic E-state index is 11.0. The molecule has 4 rings (SSSR count). The van der Waals surface area contributed by atoms with Gasteiger partial charge < -0.3 is 15.0 Å². The average molecular weight is 352 g/mol. The van der Waals surface area contributed by atoms with Crippen molar-refractivity contribution in [1.29, 1.82) is 5.26 Å². The highest BCUT2D eigenvalue weighted by atomic mass is 32.1. The first-order valence-electron chi connectivity index (χ1n) is 7.41. The fourth-order valence-corrected chi connectivity index (χ4v) is 4.11. The van der Waals surface area contributed by atoms with Gasteiger partial charge in [0.2, 0.25) is 5.88 Å². The number of nitriles is 1. The molecule has 3 aromatic rings. The smallest absolute Gasteiger partial charge is 0.324 e. The molecular formula is C17H12N4O3S. The van der Waals surface area contributed by atoms with Crippen molar-refractivity contribution >= 4 is 27.2 Å². The molecule has 2 aromatic heterocycles. The minimum absolute atomic E-state index is 0.0275. The number of aryl methyl sites for hydroxylation is 1. The number of nitrogens with two attached hydrogens (primary N) is 1. The Hall–Kier alpha value is -3.31. The lowest BCUT2D eigenvalue weighted by atomic mass is 9.87. The highest BCUT2D eigenvalue weighted by Crippen LogP contribution is 2.47. The monoisotopic (exact) mass is 352 g/mol. The maximum atomic E-state index is 11.0. The van der Waals surface area contributed by atoms with E-state index in [0.29, 0.717) is 10.6 Å². The van der Waals surface area contributed by atoms with Crippen molar-refractivity contribution in [1.82, 2.24) is 4.57 Å². The van der Waals surface area contributed by atoms with Gasteiger partial charge in [0, 0.05) is 35.1 Å². The molecule has 1 atom stereocenters. The van der Waals surface area contributed by atoms with Gasteiger partial charge in [-0.3, -0.25) is 10.1 Å². The number of benzene rings is 1. The van der Waals surface area contributed by atoms with Crippen molar-refractivity contribution in [2.45, 2.75) is 5.92 Å². The summed E-state index contributed by atoms with van der Waals surface area (Å²) in [6.45, 7) is 0. The Balaban J connectivity index is 1.97. The van der Waals surface area contributed by atoms with Crippen molar-refractivity contribution in [3.05, 3.63) is 68.5 Å². The molecule has 0 aliphatic carbocycles. The zero-order valence-electron chi connectivity index (χ0n) is 13.1. The third kappa shape index (κ3) is 2.17. The van der Waals surface area contributed by atoms with Gasteiger partial charge in [0.1, 0.15) is 17.4 Å². The predicted molar refractivity (Wildman–Crippen MR) is 93.2 cm³/mol. The van der Waals surface area contributed by atoms with Crippen LogP contribution in [0.3, 0.4) is 0 Å². The van der Waals surface area contributed by atoms with Crippen LogP contribution in [0.15, 0.2) is 48.0 Å². The summed E-state index contributed by atoms with van der Waals surface area (Å²) in [7, 11) is 1.93. The number of fused-ring (bicyclic) bond motifs is 3. The predicted octanol–water partition coefficient (Wildman–Crippen LogP) is 3.37. The van der Waals surface area contributed by atoms with Crippen LogP contribution in [0.5, 0.6) is 5.75 Å². The Morgan fingerprint density at radius 1 is 1.36 bits per heavy atom. The van der Waals surface area contributed by atoms with E-state index in [9.17, 15) is 15.4 Å². The van der Waals surface area contributed by atoms with E-state index in [4.69, 9.17) is 10.5 Å². The van der Waals surface area contributed by atoms with E-state index in [-0.39, 0.29) is 16.5 Å². The minimum atomic E-state index is -0.475. The van der Waals surface area contributed by atoms with Crippen LogP contribution in [0.25, 0.3) is 10.9 Å². The Kier molecular flexibility index (Phi) is 3.26. The molecule has 0 saturated carbocycles. The zero-order valence-corrected chi connectivity index (χ0v) is 13.9. The van der Waals surface area contributed by atoms with E-state index in [1.807, 2.05) is 36.0 Å². The number of hydrogen-bond donors (Lipinski definition) is 1. The van der Waals surface area contributed by atoms with Gasteiger partial charge in [-0.05, 0) is 18.2 Å². The van der Waals surface area contributed by atoms with Crippen LogP contribution in [0.4, 0.5) is 5.00 Å². The topological polar surface area (TPSA) is 107 Å². The van der Waals surface area contributed by atoms with Gasteiger partial charge in [0.15, 0.2) is 0 Å². The standard InChI is InChI=1S/C17H12N4O3S/c1-20-7-6-9-12(20)3-2-10-15(11(8-18)17(19)24-16(9)10)13-4-5-14(25-13)21(22)23/h2-7,15H,19H2,1H3. The number of allylic oxidation sites excluding steroid dienone is 1. The molecule has 0 radical (unpaired) electrons. The summed E-state index contributed by atoms with van der Waals surface area (Å²) in [6, 6.07) is 11.0. The first-order chi connectivity index (χ1) is 12.0. The van der Waals surface area contributed by atoms with E-state index in [1.54, 1.807) is 6.07 Å². The number of hydrogen-bond acceptors (Lipinski definition) is 6. The summed E-state index contributed by atoms with van der Waals surface area (Å²) < 4.78 is 7.72. The molecule has 0 amide bonds. The van der Waals surface area contributed by atoms with Crippen LogP contribution in [0.2, 0.25) is 0 Å². The fourth-order valence-electron chi connectivity index (χ4n) is 3.16. The van der Waals surface area contributed by atoms with Crippen molar-refractivity contribution < 1.29 is 9.66 Å². The number of rotatable bonds is 2. The molecular weight excluding hydrogens is 340 g/mol. The molecule has 0 spiro atoms. The van der Waals surface area contributed by atoms with Gasteiger partial charge in [-0.2, -0.15) is 5.26 Å². The molecule has 0 bridgehead atoms.